The number of piperazine rings is 3. The Morgan fingerprint density at radius 1 is 0.275 bits per heavy atom. The molecule has 0 radical (unpaired) electrons. The predicted molar refractivity (Wildman–Crippen MR) is 327 cm³/mol. The molecule has 4 aliphatic heterocycles. The van der Waals surface area contributed by atoms with Crippen LogP contribution in [0.15, 0.2) is 212 Å². The molecule has 16 rings (SSSR count). The molecule has 4 heterocycles. The Balaban J connectivity index is 0.873. The van der Waals surface area contributed by atoms with E-state index in [9.17, 15) is 0 Å². The van der Waals surface area contributed by atoms with Crippen LogP contribution in [-0.4, -0.2) is 107 Å². The molecule has 7 aromatic carbocycles. The van der Waals surface area contributed by atoms with Gasteiger partial charge in [0.25, 0.3) is 0 Å². The van der Waals surface area contributed by atoms with Crippen molar-refractivity contribution in [3.63, 3.8) is 0 Å². The first-order chi connectivity index (χ1) is 39.7. The summed E-state index contributed by atoms with van der Waals surface area (Å²) in [7, 11) is 0. The summed E-state index contributed by atoms with van der Waals surface area (Å²) in [6.45, 7) is 0. The summed E-state index contributed by atoms with van der Waals surface area (Å²) in [5.74, 6) is 0. The summed E-state index contributed by atoms with van der Waals surface area (Å²) < 4.78 is 7.76. The smallest absolute Gasteiger partial charge is 0.0774 e. The molecule has 408 valence electrons. The number of fused-ring (bicyclic) bond motifs is 8. The molecule has 9 fully saturated rings. The third kappa shape index (κ3) is 8.23. The second-order valence-electron chi connectivity index (χ2n) is 25.4. The third-order valence-electron chi connectivity index (χ3n) is 21.6. The Morgan fingerprint density at radius 3 is 1.06 bits per heavy atom. The van der Waals surface area contributed by atoms with E-state index in [-0.39, 0.29) is 30.3 Å². The topological polar surface area (TPSA) is 31.9 Å². The quantitative estimate of drug-likeness (QED) is 0.141. The zero-order valence-corrected chi connectivity index (χ0v) is 46.4. The van der Waals surface area contributed by atoms with E-state index in [0.717, 1.165) is 32.1 Å². The first-order valence-corrected chi connectivity index (χ1v) is 31.2. The van der Waals surface area contributed by atoms with Gasteiger partial charge in [-0.2, -0.15) is 0 Å². The maximum absolute atomic E-state index is 7.76. The highest BCUT2D eigenvalue weighted by atomic mass is 16.5. The van der Waals surface area contributed by atoms with Crippen LogP contribution in [0.4, 0.5) is 39.8 Å². The number of rotatable bonds is 9. The maximum atomic E-state index is 7.76. The SMILES string of the molecule is c1ccc(N(c2ccccc2)C2CC3OC4CCCCC4N4C5CC6C(CC5N(c5ccccc5)C(C2)C34)N(c2ccccc2)C2CC(N(c3ccccc3)c3ccccc3)CC3C2N6C2CCCCC2N3c2ccccc2)cc1. The Kier molecular flexibility index (Phi) is 12.8. The molecular formula is C72H79N7O. The Hall–Kier alpha value is -6.58. The van der Waals surface area contributed by atoms with Crippen LogP contribution in [0.1, 0.15) is 89.9 Å². The lowest BCUT2D eigenvalue weighted by Gasteiger charge is -2.73. The van der Waals surface area contributed by atoms with Gasteiger partial charge in [0.2, 0.25) is 0 Å². The van der Waals surface area contributed by atoms with Crippen molar-refractivity contribution in [3.8, 4) is 0 Å². The minimum Gasteiger partial charge on any atom is -0.372 e. The summed E-state index contributed by atoms with van der Waals surface area (Å²) in [5, 5.41) is 0. The van der Waals surface area contributed by atoms with Crippen LogP contribution in [0.5, 0.6) is 0 Å². The van der Waals surface area contributed by atoms with Gasteiger partial charge >= 0.3 is 0 Å². The fraction of sp³-hybridized carbons (Fsp3) is 0.417. The van der Waals surface area contributed by atoms with E-state index in [1.807, 2.05) is 0 Å². The van der Waals surface area contributed by atoms with Gasteiger partial charge in [-0.25, -0.2) is 0 Å². The second-order valence-corrected chi connectivity index (χ2v) is 25.4. The number of hydrogen-bond acceptors (Lipinski definition) is 8. The molecule has 0 bridgehead atoms. The molecule has 5 saturated carbocycles. The van der Waals surface area contributed by atoms with Gasteiger partial charge in [0.1, 0.15) is 0 Å². The molecule has 9 aliphatic rings. The summed E-state index contributed by atoms with van der Waals surface area (Å²) >= 11 is 0. The van der Waals surface area contributed by atoms with Crippen LogP contribution in [0, 0.1) is 0 Å². The lowest BCUT2D eigenvalue weighted by atomic mass is 9.64. The zero-order valence-electron chi connectivity index (χ0n) is 46.4. The van der Waals surface area contributed by atoms with Gasteiger partial charge in [-0.1, -0.05) is 153 Å². The van der Waals surface area contributed by atoms with Crippen LogP contribution >= 0.6 is 0 Å². The number of para-hydroxylation sites is 7. The molecule has 80 heavy (non-hydrogen) atoms. The number of hydrogen-bond donors (Lipinski definition) is 0. The number of benzene rings is 7. The van der Waals surface area contributed by atoms with Crippen molar-refractivity contribution >= 4 is 39.8 Å². The normalized spacial score (nSPS) is 34.3. The largest absolute Gasteiger partial charge is 0.372 e. The molecule has 16 atom stereocenters. The van der Waals surface area contributed by atoms with E-state index in [1.165, 1.54) is 97.6 Å². The van der Waals surface area contributed by atoms with E-state index in [4.69, 9.17) is 4.74 Å². The predicted octanol–water partition coefficient (Wildman–Crippen LogP) is 14.3. The van der Waals surface area contributed by atoms with Crippen molar-refractivity contribution in [1.82, 2.24) is 9.80 Å². The van der Waals surface area contributed by atoms with Crippen molar-refractivity contribution in [2.75, 3.05) is 24.5 Å². The molecule has 16 unspecified atom stereocenters. The first-order valence-electron chi connectivity index (χ1n) is 31.2. The fourth-order valence-electron chi connectivity index (χ4n) is 19.0. The van der Waals surface area contributed by atoms with Crippen molar-refractivity contribution < 1.29 is 4.74 Å². The molecule has 8 heteroatoms. The molecule has 8 nitrogen and oxygen atoms in total. The van der Waals surface area contributed by atoms with Gasteiger partial charge < -0.3 is 29.2 Å². The van der Waals surface area contributed by atoms with E-state index in [2.05, 4.69) is 247 Å². The number of anilines is 7. The summed E-state index contributed by atoms with van der Waals surface area (Å²) in [5.41, 5.74) is 9.36. The van der Waals surface area contributed by atoms with Crippen molar-refractivity contribution in [1.29, 1.82) is 0 Å². The summed E-state index contributed by atoms with van der Waals surface area (Å²) in [6, 6.07) is 85.9. The van der Waals surface area contributed by atoms with E-state index in [1.54, 1.807) is 0 Å². The minimum atomic E-state index is 0.142. The molecule has 0 aromatic heterocycles. The van der Waals surface area contributed by atoms with Crippen molar-refractivity contribution in [3.05, 3.63) is 212 Å². The van der Waals surface area contributed by atoms with E-state index in [0.29, 0.717) is 66.5 Å². The first kappa shape index (κ1) is 49.3. The zero-order chi connectivity index (χ0) is 52.7. The molecule has 4 saturated heterocycles. The molecule has 0 amide bonds. The molecule has 0 N–H and O–H groups in total. The van der Waals surface area contributed by atoms with Gasteiger partial charge in [-0.05, 0) is 149 Å². The average molecular weight is 1060 g/mol. The number of nitrogens with zero attached hydrogens (tertiary/aromatic N) is 7. The summed E-state index contributed by atoms with van der Waals surface area (Å²) in [4.78, 5) is 21.3. The molecule has 5 aliphatic carbocycles. The monoisotopic (exact) mass is 1060 g/mol. The number of morpholine rings is 1. The Labute approximate surface area is 475 Å². The Morgan fingerprint density at radius 2 is 0.613 bits per heavy atom. The van der Waals surface area contributed by atoms with Gasteiger partial charge in [0.15, 0.2) is 0 Å². The van der Waals surface area contributed by atoms with Gasteiger partial charge in [0.05, 0.1) is 24.3 Å². The van der Waals surface area contributed by atoms with Crippen molar-refractivity contribution in [2.45, 2.75) is 187 Å². The highest BCUT2D eigenvalue weighted by Gasteiger charge is 2.67. The summed E-state index contributed by atoms with van der Waals surface area (Å²) in [6.07, 6.45) is 17.2. The van der Waals surface area contributed by atoms with E-state index >= 15 is 0 Å². The minimum absolute atomic E-state index is 0.142. The lowest BCUT2D eigenvalue weighted by molar-refractivity contribution is -0.213. The second kappa shape index (κ2) is 20.8. The standard InChI is InChI=1S/C72H79N7O/c1-8-26-50(27-9-1)73(51-28-10-2-11-29-51)57-44-66-71-67(45-57)76(55-36-18-6-19-37-55)62-48-63-65(49-64(62)78(71)60-41-23-22-40-59(60)75(66)54-34-16-5-17-35-54)79-61-42-24-25-43-69(61)80-70-47-58(46-68(72(70)79)77(63)56-38-20-7-21-39-56)74(52-30-12-3-13-31-52)53-32-14-4-15-33-53/h1-21,26-39,57-72H,22-25,40-49H2. The highest BCUT2D eigenvalue weighted by Crippen LogP contribution is 2.57. The highest BCUT2D eigenvalue weighted by molar-refractivity contribution is 5.67. The van der Waals surface area contributed by atoms with Gasteiger partial charge in [0, 0.05) is 112 Å². The third-order valence-corrected chi connectivity index (χ3v) is 21.6. The molecular weight excluding hydrogens is 979 g/mol. The molecule has 0 spiro atoms. The molecule has 7 aromatic rings. The van der Waals surface area contributed by atoms with Crippen LogP contribution in [0.3, 0.4) is 0 Å². The van der Waals surface area contributed by atoms with E-state index < -0.39 is 0 Å². The van der Waals surface area contributed by atoms with Crippen LogP contribution in [0.25, 0.3) is 0 Å². The van der Waals surface area contributed by atoms with Gasteiger partial charge in [-0.15, -0.1) is 0 Å². The maximum Gasteiger partial charge on any atom is 0.0774 e. The average Bonchev–Trinajstić information content (AvgIpc) is 3.62. The van der Waals surface area contributed by atoms with Crippen molar-refractivity contribution in [2.24, 2.45) is 0 Å². The van der Waals surface area contributed by atoms with Crippen LogP contribution < -0.4 is 24.5 Å². The van der Waals surface area contributed by atoms with Crippen LogP contribution in [-0.2, 0) is 4.74 Å². The lowest BCUT2D eigenvalue weighted by Crippen LogP contribution is -2.86. The number of ether oxygens (including phenoxy) is 1. The Bertz CT molecular complexity index is 3100. The van der Waals surface area contributed by atoms with Gasteiger partial charge in [-0.3, -0.25) is 9.80 Å². The van der Waals surface area contributed by atoms with Crippen LogP contribution in [0.2, 0.25) is 0 Å². The fourth-order valence-corrected chi connectivity index (χ4v) is 19.0.